The van der Waals surface area contributed by atoms with E-state index in [1.165, 1.54) is 5.56 Å². The molecule has 0 saturated carbocycles. The van der Waals surface area contributed by atoms with Crippen molar-refractivity contribution in [3.63, 3.8) is 0 Å². The Morgan fingerprint density at radius 2 is 2.07 bits per heavy atom. The first-order valence-corrected chi connectivity index (χ1v) is 5.04. The molecule has 0 unspecified atom stereocenters. The van der Waals surface area contributed by atoms with Crippen molar-refractivity contribution in [3.05, 3.63) is 35.9 Å². The Hall–Kier alpha value is -0.860. The predicted octanol–water partition coefficient (Wildman–Crippen LogP) is 2.38. The predicted molar refractivity (Wildman–Crippen MR) is 55.1 cm³/mol. The molecule has 1 aromatic carbocycles. The van der Waals surface area contributed by atoms with Gasteiger partial charge in [0.1, 0.15) is 0 Å². The van der Waals surface area contributed by atoms with Crippen molar-refractivity contribution in [1.29, 1.82) is 0 Å². The largest absolute Gasteiger partial charge is 0.347 e. The van der Waals surface area contributed by atoms with Crippen molar-refractivity contribution in [1.82, 2.24) is 0 Å². The van der Waals surface area contributed by atoms with Gasteiger partial charge in [-0.1, -0.05) is 30.3 Å². The van der Waals surface area contributed by atoms with Gasteiger partial charge in [0, 0.05) is 6.42 Å². The zero-order valence-electron chi connectivity index (χ0n) is 8.69. The highest BCUT2D eigenvalue weighted by atomic mass is 16.7. The molecule has 2 nitrogen and oxygen atoms in total. The third kappa shape index (κ3) is 2.14. The van der Waals surface area contributed by atoms with E-state index in [2.05, 4.69) is 12.1 Å². The Morgan fingerprint density at radius 1 is 1.36 bits per heavy atom. The second-order valence-corrected chi connectivity index (χ2v) is 4.04. The summed E-state index contributed by atoms with van der Waals surface area (Å²) in [6.07, 6.45) is 1.03. The summed E-state index contributed by atoms with van der Waals surface area (Å²) < 4.78 is 11.4. The normalized spacial score (nSPS) is 32.0. The molecule has 0 aromatic heterocycles. The van der Waals surface area contributed by atoms with Crippen LogP contribution in [0.2, 0.25) is 0 Å². The summed E-state index contributed by atoms with van der Waals surface area (Å²) in [6, 6.07) is 10.3. The van der Waals surface area contributed by atoms with E-state index in [-0.39, 0.29) is 6.10 Å². The van der Waals surface area contributed by atoms with Gasteiger partial charge in [0.15, 0.2) is 5.79 Å². The fraction of sp³-hybridized carbons (Fsp3) is 0.500. The van der Waals surface area contributed by atoms with Crippen molar-refractivity contribution < 1.29 is 9.47 Å². The molecule has 1 saturated heterocycles. The standard InChI is InChI=1S/C12H16O2/c1-10-9-13-12(2,14-10)8-11-6-4-3-5-7-11/h3-7,10H,8-9H2,1-2H3/t10-,12+/m1/s1. The van der Waals surface area contributed by atoms with Crippen LogP contribution in [0.15, 0.2) is 30.3 Å². The number of ether oxygens (including phenoxy) is 2. The lowest BCUT2D eigenvalue weighted by Crippen LogP contribution is -2.29. The summed E-state index contributed by atoms with van der Waals surface area (Å²) in [7, 11) is 0. The van der Waals surface area contributed by atoms with Gasteiger partial charge in [-0.05, 0) is 19.4 Å². The van der Waals surface area contributed by atoms with Crippen LogP contribution in [0.4, 0.5) is 0 Å². The fourth-order valence-electron chi connectivity index (χ4n) is 1.85. The number of benzene rings is 1. The van der Waals surface area contributed by atoms with E-state index in [0.717, 1.165) is 6.42 Å². The Balaban J connectivity index is 2.04. The molecular formula is C12H16O2. The molecule has 1 fully saturated rings. The first-order valence-electron chi connectivity index (χ1n) is 5.04. The van der Waals surface area contributed by atoms with E-state index in [1.807, 2.05) is 32.0 Å². The van der Waals surface area contributed by atoms with Crippen LogP contribution in [-0.2, 0) is 15.9 Å². The van der Waals surface area contributed by atoms with Crippen molar-refractivity contribution in [3.8, 4) is 0 Å². The SMILES string of the molecule is C[C@@H]1CO[C@](C)(Cc2ccccc2)O1. The lowest BCUT2D eigenvalue weighted by molar-refractivity contribution is -0.150. The Bertz CT molecular complexity index is 296. The van der Waals surface area contributed by atoms with Crippen LogP contribution in [0, 0.1) is 0 Å². The van der Waals surface area contributed by atoms with Crippen molar-refractivity contribution in [2.45, 2.75) is 32.2 Å². The molecule has 14 heavy (non-hydrogen) atoms. The Morgan fingerprint density at radius 3 is 2.64 bits per heavy atom. The second-order valence-electron chi connectivity index (χ2n) is 4.04. The molecule has 2 heteroatoms. The molecule has 0 bridgehead atoms. The zero-order chi connectivity index (χ0) is 10.0. The van der Waals surface area contributed by atoms with Gasteiger partial charge in [0.2, 0.25) is 0 Å². The second kappa shape index (κ2) is 3.71. The van der Waals surface area contributed by atoms with Gasteiger partial charge in [-0.15, -0.1) is 0 Å². The maximum atomic E-state index is 5.73. The molecule has 0 aliphatic carbocycles. The highest BCUT2D eigenvalue weighted by molar-refractivity contribution is 5.16. The summed E-state index contributed by atoms with van der Waals surface area (Å²) in [6.45, 7) is 4.74. The quantitative estimate of drug-likeness (QED) is 0.716. The molecule has 1 aliphatic rings. The fourth-order valence-corrected chi connectivity index (χ4v) is 1.85. The van der Waals surface area contributed by atoms with Crippen LogP contribution in [0.25, 0.3) is 0 Å². The molecule has 1 heterocycles. The van der Waals surface area contributed by atoms with E-state index in [1.54, 1.807) is 0 Å². The molecule has 2 rings (SSSR count). The minimum absolute atomic E-state index is 0.212. The van der Waals surface area contributed by atoms with Crippen LogP contribution in [-0.4, -0.2) is 18.5 Å². The molecule has 2 atom stereocenters. The van der Waals surface area contributed by atoms with Gasteiger partial charge in [-0.3, -0.25) is 0 Å². The molecule has 0 spiro atoms. The molecule has 1 aromatic rings. The van der Waals surface area contributed by atoms with Crippen molar-refractivity contribution in [2.75, 3.05) is 6.61 Å². The van der Waals surface area contributed by atoms with Crippen LogP contribution in [0.3, 0.4) is 0 Å². The Kier molecular flexibility index (Phi) is 2.57. The van der Waals surface area contributed by atoms with Crippen molar-refractivity contribution >= 4 is 0 Å². The Labute approximate surface area is 84.8 Å². The highest BCUT2D eigenvalue weighted by Gasteiger charge is 2.34. The van der Waals surface area contributed by atoms with Crippen LogP contribution < -0.4 is 0 Å². The molecule has 1 aliphatic heterocycles. The molecule has 0 amide bonds. The third-order valence-electron chi connectivity index (χ3n) is 2.44. The minimum atomic E-state index is -0.430. The average molecular weight is 192 g/mol. The summed E-state index contributed by atoms with van der Waals surface area (Å²) >= 11 is 0. The highest BCUT2D eigenvalue weighted by Crippen LogP contribution is 2.26. The lowest BCUT2D eigenvalue weighted by Gasteiger charge is -2.22. The number of hydrogen-bond acceptors (Lipinski definition) is 2. The van der Waals surface area contributed by atoms with Crippen LogP contribution in [0.1, 0.15) is 19.4 Å². The van der Waals surface area contributed by atoms with Gasteiger partial charge in [-0.25, -0.2) is 0 Å². The number of rotatable bonds is 2. The van der Waals surface area contributed by atoms with Gasteiger partial charge in [0.25, 0.3) is 0 Å². The van der Waals surface area contributed by atoms with E-state index in [9.17, 15) is 0 Å². The minimum Gasteiger partial charge on any atom is -0.347 e. The molecular weight excluding hydrogens is 176 g/mol. The van der Waals surface area contributed by atoms with E-state index >= 15 is 0 Å². The summed E-state index contributed by atoms with van der Waals surface area (Å²) in [5, 5.41) is 0. The maximum absolute atomic E-state index is 5.73. The summed E-state index contributed by atoms with van der Waals surface area (Å²) in [5.74, 6) is -0.430. The summed E-state index contributed by atoms with van der Waals surface area (Å²) in [5.41, 5.74) is 1.25. The first kappa shape index (κ1) is 9.69. The molecule has 0 radical (unpaired) electrons. The van der Waals surface area contributed by atoms with Gasteiger partial charge in [0.05, 0.1) is 12.7 Å². The van der Waals surface area contributed by atoms with E-state index in [4.69, 9.17) is 9.47 Å². The van der Waals surface area contributed by atoms with E-state index in [0.29, 0.717) is 6.61 Å². The third-order valence-corrected chi connectivity index (χ3v) is 2.44. The van der Waals surface area contributed by atoms with E-state index < -0.39 is 5.79 Å². The maximum Gasteiger partial charge on any atom is 0.170 e. The smallest absolute Gasteiger partial charge is 0.170 e. The topological polar surface area (TPSA) is 18.5 Å². The monoisotopic (exact) mass is 192 g/mol. The zero-order valence-corrected chi connectivity index (χ0v) is 8.69. The number of hydrogen-bond donors (Lipinski definition) is 0. The lowest BCUT2D eigenvalue weighted by atomic mass is 10.1. The molecule has 76 valence electrons. The van der Waals surface area contributed by atoms with Gasteiger partial charge in [-0.2, -0.15) is 0 Å². The van der Waals surface area contributed by atoms with Crippen LogP contribution >= 0.6 is 0 Å². The summed E-state index contributed by atoms with van der Waals surface area (Å²) in [4.78, 5) is 0. The average Bonchev–Trinajstić information content (AvgIpc) is 2.47. The first-order chi connectivity index (χ1) is 6.68. The van der Waals surface area contributed by atoms with Crippen LogP contribution in [0.5, 0.6) is 0 Å². The van der Waals surface area contributed by atoms with Crippen molar-refractivity contribution in [2.24, 2.45) is 0 Å². The molecule has 0 N–H and O–H groups in total. The van der Waals surface area contributed by atoms with Gasteiger partial charge >= 0.3 is 0 Å². The van der Waals surface area contributed by atoms with Gasteiger partial charge < -0.3 is 9.47 Å².